The third kappa shape index (κ3) is 5.69. The molecule has 132 valence electrons. The van der Waals surface area contributed by atoms with Gasteiger partial charge in [0, 0.05) is 19.9 Å². The van der Waals surface area contributed by atoms with Crippen molar-refractivity contribution in [3.05, 3.63) is 47.5 Å². The van der Waals surface area contributed by atoms with Gasteiger partial charge in [-0.2, -0.15) is 0 Å². The van der Waals surface area contributed by atoms with E-state index >= 15 is 0 Å². The van der Waals surface area contributed by atoms with Crippen molar-refractivity contribution in [3.8, 4) is 11.8 Å². The van der Waals surface area contributed by atoms with Crippen LogP contribution in [0.15, 0.2) is 30.4 Å². The van der Waals surface area contributed by atoms with E-state index in [1.807, 2.05) is 0 Å². The molecule has 0 amide bonds. The van der Waals surface area contributed by atoms with Gasteiger partial charge >= 0.3 is 11.9 Å². The van der Waals surface area contributed by atoms with Crippen LogP contribution < -0.4 is 0 Å². The van der Waals surface area contributed by atoms with E-state index in [0.717, 1.165) is 12.1 Å². The summed E-state index contributed by atoms with van der Waals surface area (Å²) < 4.78 is 42.1. The lowest BCUT2D eigenvalue weighted by Gasteiger charge is -2.29. The zero-order valence-corrected chi connectivity index (χ0v) is 13.6. The first kappa shape index (κ1) is 18.6. The van der Waals surface area contributed by atoms with Crippen LogP contribution in [-0.4, -0.2) is 36.9 Å². The van der Waals surface area contributed by atoms with Crippen LogP contribution in [0.1, 0.15) is 19.4 Å². The molecule has 1 heterocycles. The minimum absolute atomic E-state index is 0.0250. The smallest absolute Gasteiger partial charge is 0.303 e. The predicted octanol–water partition coefficient (Wildman–Crippen LogP) is 2.13. The Bertz CT molecular complexity index is 748. The molecule has 0 bridgehead atoms. The van der Waals surface area contributed by atoms with Crippen molar-refractivity contribution in [2.24, 2.45) is 0 Å². The lowest BCUT2D eigenvalue weighted by Crippen LogP contribution is -2.41. The molecule has 2 rings (SSSR count). The SMILES string of the molecule is CC(=O)OC[C@H]1O[C@H](C#Cc2ccc(F)cc2F)C=C[C@H]1OC(C)=O. The Morgan fingerprint density at radius 1 is 1.20 bits per heavy atom. The number of halogens is 2. The molecule has 1 aromatic rings. The Balaban J connectivity index is 2.13. The molecule has 0 unspecified atom stereocenters. The fourth-order valence-corrected chi connectivity index (χ4v) is 2.11. The normalized spacial score (nSPS) is 21.8. The van der Waals surface area contributed by atoms with Crippen LogP contribution in [0.2, 0.25) is 0 Å². The molecule has 1 aliphatic rings. The molecule has 0 aliphatic carbocycles. The van der Waals surface area contributed by atoms with E-state index in [2.05, 4.69) is 11.8 Å². The van der Waals surface area contributed by atoms with Gasteiger partial charge in [0.15, 0.2) is 0 Å². The van der Waals surface area contributed by atoms with E-state index in [1.54, 1.807) is 12.2 Å². The summed E-state index contributed by atoms with van der Waals surface area (Å²) in [5.41, 5.74) is 0.0250. The number of benzene rings is 1. The second-order valence-corrected chi connectivity index (χ2v) is 5.25. The van der Waals surface area contributed by atoms with Gasteiger partial charge in [0.25, 0.3) is 0 Å². The summed E-state index contributed by atoms with van der Waals surface area (Å²) in [6.07, 6.45) is 0.926. The van der Waals surface area contributed by atoms with Crippen LogP contribution in [0.4, 0.5) is 8.78 Å². The quantitative estimate of drug-likeness (QED) is 0.475. The standard InChI is InChI=1S/C18H16F2O5/c1-11(21)23-10-18-17(24-12(2)22)8-7-15(25-18)6-4-13-3-5-14(19)9-16(13)20/h3,5,7-9,15,17-18H,10H2,1-2H3/t15-,17-,18-/m1/s1. The Morgan fingerprint density at radius 2 is 1.96 bits per heavy atom. The van der Waals surface area contributed by atoms with Gasteiger partial charge in [-0.3, -0.25) is 9.59 Å². The lowest BCUT2D eigenvalue weighted by atomic mass is 10.1. The molecule has 0 fully saturated rings. The van der Waals surface area contributed by atoms with Crippen molar-refractivity contribution >= 4 is 11.9 Å². The first-order valence-electron chi connectivity index (χ1n) is 7.46. The third-order valence-corrected chi connectivity index (χ3v) is 3.20. The molecule has 0 saturated carbocycles. The number of carbonyl (C=O) groups is 2. The van der Waals surface area contributed by atoms with Crippen molar-refractivity contribution in [1.82, 2.24) is 0 Å². The molecule has 1 aromatic carbocycles. The van der Waals surface area contributed by atoms with E-state index < -0.39 is 41.9 Å². The van der Waals surface area contributed by atoms with Crippen molar-refractivity contribution in [2.45, 2.75) is 32.2 Å². The maximum Gasteiger partial charge on any atom is 0.303 e. The Hall–Kier alpha value is -2.72. The fraction of sp³-hybridized carbons (Fsp3) is 0.333. The minimum atomic E-state index is -0.776. The Morgan fingerprint density at radius 3 is 2.60 bits per heavy atom. The molecule has 7 heteroatoms. The first-order chi connectivity index (χ1) is 11.8. The van der Waals surface area contributed by atoms with Crippen LogP contribution in [0.5, 0.6) is 0 Å². The minimum Gasteiger partial charge on any atom is -0.463 e. The average molecular weight is 350 g/mol. The van der Waals surface area contributed by atoms with Crippen molar-refractivity contribution in [2.75, 3.05) is 6.61 Å². The van der Waals surface area contributed by atoms with Crippen molar-refractivity contribution in [1.29, 1.82) is 0 Å². The van der Waals surface area contributed by atoms with E-state index in [9.17, 15) is 18.4 Å². The van der Waals surface area contributed by atoms with Crippen LogP contribution >= 0.6 is 0 Å². The molecule has 0 spiro atoms. The first-order valence-corrected chi connectivity index (χ1v) is 7.46. The summed E-state index contributed by atoms with van der Waals surface area (Å²) in [6.45, 7) is 2.37. The van der Waals surface area contributed by atoms with Gasteiger partial charge in [0.2, 0.25) is 0 Å². The van der Waals surface area contributed by atoms with Crippen LogP contribution in [0.3, 0.4) is 0 Å². The monoisotopic (exact) mass is 350 g/mol. The molecule has 0 N–H and O–H groups in total. The van der Waals surface area contributed by atoms with Gasteiger partial charge in [-0.1, -0.05) is 11.8 Å². The summed E-state index contributed by atoms with van der Waals surface area (Å²) >= 11 is 0. The Kier molecular flexibility index (Phi) is 6.25. The maximum absolute atomic E-state index is 13.6. The highest BCUT2D eigenvalue weighted by molar-refractivity contribution is 5.67. The molecule has 0 saturated heterocycles. The van der Waals surface area contributed by atoms with Gasteiger partial charge in [-0.25, -0.2) is 8.78 Å². The maximum atomic E-state index is 13.6. The molecule has 1 aliphatic heterocycles. The van der Waals surface area contributed by atoms with E-state index in [1.165, 1.54) is 19.9 Å². The zero-order valence-electron chi connectivity index (χ0n) is 13.6. The second-order valence-electron chi connectivity index (χ2n) is 5.25. The molecule has 3 atom stereocenters. The van der Waals surface area contributed by atoms with Crippen LogP contribution in [0, 0.1) is 23.5 Å². The fourth-order valence-electron chi connectivity index (χ4n) is 2.11. The number of hydrogen-bond donors (Lipinski definition) is 0. The van der Waals surface area contributed by atoms with Crippen molar-refractivity contribution in [3.63, 3.8) is 0 Å². The van der Waals surface area contributed by atoms with Crippen LogP contribution in [0.25, 0.3) is 0 Å². The molecule has 0 aromatic heterocycles. The van der Waals surface area contributed by atoms with Gasteiger partial charge in [-0.15, -0.1) is 0 Å². The summed E-state index contributed by atoms with van der Waals surface area (Å²) in [5, 5.41) is 0. The number of rotatable bonds is 3. The lowest BCUT2D eigenvalue weighted by molar-refractivity contribution is -0.161. The highest BCUT2D eigenvalue weighted by Crippen LogP contribution is 2.17. The van der Waals surface area contributed by atoms with Crippen molar-refractivity contribution < 1.29 is 32.6 Å². The average Bonchev–Trinajstić information content (AvgIpc) is 2.53. The van der Waals surface area contributed by atoms with Gasteiger partial charge < -0.3 is 14.2 Å². The highest BCUT2D eigenvalue weighted by atomic mass is 19.1. The van der Waals surface area contributed by atoms with E-state index in [0.29, 0.717) is 0 Å². The highest BCUT2D eigenvalue weighted by Gasteiger charge is 2.30. The third-order valence-electron chi connectivity index (χ3n) is 3.20. The zero-order chi connectivity index (χ0) is 18.4. The molecular weight excluding hydrogens is 334 g/mol. The summed E-state index contributed by atoms with van der Waals surface area (Å²) in [4.78, 5) is 22.1. The van der Waals surface area contributed by atoms with Crippen LogP contribution in [-0.2, 0) is 23.8 Å². The molecule has 5 nitrogen and oxygen atoms in total. The molecular formula is C18H16F2O5. The summed E-state index contributed by atoms with van der Waals surface area (Å²) in [7, 11) is 0. The second kappa shape index (κ2) is 8.40. The predicted molar refractivity (Wildman–Crippen MR) is 83.2 cm³/mol. The topological polar surface area (TPSA) is 61.8 Å². The number of hydrogen-bond acceptors (Lipinski definition) is 5. The van der Waals surface area contributed by atoms with E-state index in [-0.39, 0.29) is 12.2 Å². The van der Waals surface area contributed by atoms with Gasteiger partial charge in [-0.05, 0) is 24.3 Å². The van der Waals surface area contributed by atoms with Gasteiger partial charge in [0.1, 0.15) is 36.6 Å². The summed E-state index contributed by atoms with van der Waals surface area (Å²) in [5.74, 6) is 2.77. The van der Waals surface area contributed by atoms with Gasteiger partial charge in [0.05, 0.1) is 5.56 Å². The summed E-state index contributed by atoms with van der Waals surface area (Å²) in [6, 6.07) is 3.06. The molecule has 25 heavy (non-hydrogen) atoms. The Labute approximate surface area is 143 Å². The number of carbonyl (C=O) groups excluding carboxylic acids is 2. The largest absolute Gasteiger partial charge is 0.463 e. The number of ether oxygens (including phenoxy) is 3. The number of esters is 2. The van der Waals surface area contributed by atoms with E-state index in [4.69, 9.17) is 14.2 Å². The molecule has 0 radical (unpaired) electrons.